The van der Waals surface area contributed by atoms with E-state index in [1.807, 2.05) is 48.7 Å². The standard InChI is InChI=1S/C36H41N3O4/c1-36(2)16-14-26(31(23-36)25-8-11-28(41-3)12-9-25)24-38-18-20-39(21-19-38)27-10-13-30(35(40)42-4)34(22-27)43-33-7-5-6-32-29(33)15-17-37-32/h5-13,15,17,22,37H,14,16,18-21,23-24H2,1-4H3. The Hall–Kier alpha value is -4.23. The Morgan fingerprint density at radius 2 is 1.72 bits per heavy atom. The molecule has 43 heavy (non-hydrogen) atoms. The summed E-state index contributed by atoms with van der Waals surface area (Å²) in [5.74, 6) is 1.68. The first kappa shape index (κ1) is 28.9. The summed E-state index contributed by atoms with van der Waals surface area (Å²) in [7, 11) is 3.11. The molecule has 224 valence electrons. The Morgan fingerprint density at radius 1 is 0.930 bits per heavy atom. The van der Waals surface area contributed by atoms with Crippen LogP contribution in [0.2, 0.25) is 0 Å². The number of hydrogen-bond acceptors (Lipinski definition) is 6. The Kier molecular flexibility index (Phi) is 8.17. The third-order valence-electron chi connectivity index (χ3n) is 8.92. The fraction of sp³-hybridized carbons (Fsp3) is 0.361. The highest BCUT2D eigenvalue weighted by molar-refractivity contribution is 5.94. The number of aromatic nitrogens is 1. The van der Waals surface area contributed by atoms with Crippen molar-refractivity contribution in [2.75, 3.05) is 51.8 Å². The highest BCUT2D eigenvalue weighted by atomic mass is 16.5. The summed E-state index contributed by atoms with van der Waals surface area (Å²) in [4.78, 5) is 20.8. The van der Waals surface area contributed by atoms with E-state index in [1.165, 1.54) is 24.7 Å². The number of H-pyrrole nitrogens is 1. The van der Waals surface area contributed by atoms with Crippen LogP contribution < -0.4 is 14.4 Å². The van der Waals surface area contributed by atoms with Gasteiger partial charge >= 0.3 is 5.97 Å². The molecule has 0 radical (unpaired) electrons. The van der Waals surface area contributed by atoms with E-state index in [0.29, 0.717) is 22.5 Å². The summed E-state index contributed by atoms with van der Waals surface area (Å²) in [6.45, 7) is 9.52. The van der Waals surface area contributed by atoms with Gasteiger partial charge in [-0.25, -0.2) is 4.79 Å². The van der Waals surface area contributed by atoms with Crippen LogP contribution >= 0.6 is 0 Å². The van der Waals surface area contributed by atoms with E-state index in [0.717, 1.165) is 67.9 Å². The van der Waals surface area contributed by atoms with E-state index in [-0.39, 0.29) is 0 Å². The number of esters is 1. The van der Waals surface area contributed by atoms with Crippen molar-refractivity contribution in [2.24, 2.45) is 5.41 Å². The van der Waals surface area contributed by atoms with E-state index in [2.05, 4.69) is 52.9 Å². The predicted molar refractivity (Wildman–Crippen MR) is 172 cm³/mol. The molecule has 2 aliphatic rings. The third-order valence-corrected chi connectivity index (χ3v) is 8.92. The fourth-order valence-electron chi connectivity index (χ4n) is 6.37. The van der Waals surface area contributed by atoms with Crippen molar-refractivity contribution in [2.45, 2.75) is 33.1 Å². The lowest BCUT2D eigenvalue weighted by molar-refractivity contribution is 0.0598. The van der Waals surface area contributed by atoms with Gasteiger partial charge in [-0.1, -0.05) is 37.6 Å². The van der Waals surface area contributed by atoms with Crippen molar-refractivity contribution >= 4 is 28.1 Å². The molecule has 3 aromatic carbocycles. The van der Waals surface area contributed by atoms with Crippen LogP contribution in [0.5, 0.6) is 17.2 Å². The molecule has 4 aromatic rings. The number of carbonyl (C=O) groups excluding carboxylic acids is 1. The molecule has 7 nitrogen and oxygen atoms in total. The van der Waals surface area contributed by atoms with Crippen LogP contribution in [0.4, 0.5) is 5.69 Å². The average molecular weight is 580 g/mol. The first-order valence-corrected chi connectivity index (χ1v) is 15.1. The number of rotatable bonds is 8. The summed E-state index contributed by atoms with van der Waals surface area (Å²) in [6, 6.07) is 22.2. The van der Waals surface area contributed by atoms with Gasteiger partial charge in [-0.05, 0) is 78.3 Å². The summed E-state index contributed by atoms with van der Waals surface area (Å²) in [5, 5.41) is 0.965. The molecule has 1 aliphatic carbocycles. The molecule has 1 aliphatic heterocycles. The van der Waals surface area contributed by atoms with Gasteiger partial charge in [0.2, 0.25) is 0 Å². The van der Waals surface area contributed by atoms with Gasteiger partial charge in [0, 0.05) is 61.6 Å². The van der Waals surface area contributed by atoms with Crippen LogP contribution in [-0.2, 0) is 4.74 Å². The van der Waals surface area contributed by atoms with Gasteiger partial charge in [0.05, 0.1) is 14.2 Å². The first-order valence-electron chi connectivity index (χ1n) is 15.1. The minimum Gasteiger partial charge on any atom is -0.497 e. The number of fused-ring (bicyclic) bond motifs is 1. The maximum Gasteiger partial charge on any atom is 0.341 e. The van der Waals surface area contributed by atoms with E-state index in [4.69, 9.17) is 14.2 Å². The van der Waals surface area contributed by atoms with Gasteiger partial charge < -0.3 is 24.1 Å². The topological polar surface area (TPSA) is 67.0 Å². The van der Waals surface area contributed by atoms with E-state index in [1.54, 1.807) is 12.7 Å². The van der Waals surface area contributed by atoms with Crippen molar-refractivity contribution in [1.29, 1.82) is 0 Å². The second-order valence-corrected chi connectivity index (χ2v) is 12.4. The normalized spacial score (nSPS) is 17.3. The Bertz CT molecular complexity index is 1630. The fourth-order valence-corrected chi connectivity index (χ4v) is 6.37. The molecule has 0 atom stereocenters. The van der Waals surface area contributed by atoms with Crippen molar-refractivity contribution in [3.8, 4) is 17.2 Å². The zero-order chi connectivity index (χ0) is 30.0. The Labute approximate surface area is 254 Å². The molecule has 0 unspecified atom stereocenters. The maximum atomic E-state index is 12.6. The predicted octanol–water partition coefficient (Wildman–Crippen LogP) is 7.54. The summed E-state index contributed by atoms with van der Waals surface area (Å²) < 4.78 is 16.8. The quantitative estimate of drug-likeness (QED) is 0.218. The van der Waals surface area contributed by atoms with E-state index >= 15 is 0 Å². The molecule has 1 N–H and O–H groups in total. The Balaban J connectivity index is 1.18. The molecule has 1 saturated heterocycles. The molecule has 2 heterocycles. The number of aromatic amines is 1. The summed E-state index contributed by atoms with van der Waals surface area (Å²) >= 11 is 0. The number of ether oxygens (including phenoxy) is 3. The van der Waals surface area contributed by atoms with Crippen LogP contribution in [0.3, 0.4) is 0 Å². The zero-order valence-corrected chi connectivity index (χ0v) is 25.6. The summed E-state index contributed by atoms with van der Waals surface area (Å²) in [6.07, 6.45) is 5.34. The van der Waals surface area contributed by atoms with Crippen LogP contribution in [0.25, 0.3) is 16.5 Å². The van der Waals surface area contributed by atoms with Crippen LogP contribution in [0, 0.1) is 5.41 Å². The largest absolute Gasteiger partial charge is 0.497 e. The lowest BCUT2D eigenvalue weighted by Gasteiger charge is -2.39. The molecule has 0 bridgehead atoms. The molecule has 1 aromatic heterocycles. The SMILES string of the molecule is COC(=O)c1ccc(N2CCN(CC3=C(c4ccc(OC)cc4)CC(C)(C)CC3)CC2)cc1Oc1cccc2[nH]ccc12. The highest BCUT2D eigenvalue weighted by Crippen LogP contribution is 2.43. The lowest BCUT2D eigenvalue weighted by Crippen LogP contribution is -2.47. The molecule has 0 amide bonds. The maximum absolute atomic E-state index is 12.6. The van der Waals surface area contributed by atoms with Crippen molar-refractivity contribution in [3.05, 3.63) is 89.6 Å². The summed E-state index contributed by atoms with van der Waals surface area (Å²) in [5.41, 5.74) is 7.12. The van der Waals surface area contributed by atoms with Gasteiger partial charge in [-0.3, -0.25) is 4.90 Å². The second-order valence-electron chi connectivity index (χ2n) is 12.4. The van der Waals surface area contributed by atoms with Crippen LogP contribution in [0.1, 0.15) is 49.0 Å². The number of hydrogen-bond donors (Lipinski definition) is 1. The molecule has 1 fully saturated rings. The zero-order valence-electron chi connectivity index (χ0n) is 25.6. The van der Waals surface area contributed by atoms with Crippen molar-refractivity contribution < 1.29 is 19.0 Å². The number of allylic oxidation sites excluding steroid dienone is 1. The van der Waals surface area contributed by atoms with Crippen molar-refractivity contribution in [3.63, 3.8) is 0 Å². The third kappa shape index (κ3) is 6.27. The van der Waals surface area contributed by atoms with Crippen LogP contribution in [0.15, 0.2) is 78.5 Å². The molecule has 0 spiro atoms. The number of carbonyl (C=O) groups is 1. The second kappa shape index (κ2) is 12.2. The average Bonchev–Trinajstić information content (AvgIpc) is 3.52. The number of methoxy groups -OCH3 is 2. The number of anilines is 1. The van der Waals surface area contributed by atoms with Gasteiger partial charge in [0.25, 0.3) is 0 Å². The number of benzene rings is 3. The number of nitrogens with one attached hydrogen (secondary N) is 1. The molecule has 6 rings (SSSR count). The Morgan fingerprint density at radius 3 is 2.47 bits per heavy atom. The van der Waals surface area contributed by atoms with E-state index in [9.17, 15) is 4.79 Å². The molecular weight excluding hydrogens is 538 g/mol. The van der Waals surface area contributed by atoms with Gasteiger partial charge in [-0.15, -0.1) is 0 Å². The van der Waals surface area contributed by atoms with Gasteiger partial charge in [-0.2, -0.15) is 0 Å². The van der Waals surface area contributed by atoms with Gasteiger partial charge in [0.1, 0.15) is 22.8 Å². The monoisotopic (exact) mass is 579 g/mol. The smallest absolute Gasteiger partial charge is 0.341 e. The number of nitrogens with zero attached hydrogens (tertiary/aromatic N) is 2. The molecular formula is C36H41N3O4. The molecule has 7 heteroatoms. The minimum atomic E-state index is -0.413. The molecule has 0 saturated carbocycles. The highest BCUT2D eigenvalue weighted by Gasteiger charge is 2.29. The minimum absolute atomic E-state index is 0.306. The van der Waals surface area contributed by atoms with E-state index < -0.39 is 5.97 Å². The lowest BCUT2D eigenvalue weighted by atomic mass is 9.72. The number of piperazine rings is 1. The van der Waals surface area contributed by atoms with Crippen LogP contribution in [-0.4, -0.2) is 62.8 Å². The van der Waals surface area contributed by atoms with Crippen molar-refractivity contribution in [1.82, 2.24) is 9.88 Å². The first-order chi connectivity index (χ1) is 20.8. The van der Waals surface area contributed by atoms with Gasteiger partial charge in [0.15, 0.2) is 0 Å².